The van der Waals surface area contributed by atoms with Crippen LogP contribution >= 0.6 is 0 Å². The van der Waals surface area contributed by atoms with Gasteiger partial charge in [-0.2, -0.15) is 0 Å². The fourth-order valence-electron chi connectivity index (χ4n) is 2.55. The molecule has 0 aliphatic carbocycles. The minimum Gasteiger partial charge on any atom is -0.489 e. The van der Waals surface area contributed by atoms with Gasteiger partial charge in [0.15, 0.2) is 0 Å². The van der Waals surface area contributed by atoms with E-state index in [1.807, 2.05) is 31.2 Å². The first-order valence-electron chi connectivity index (χ1n) is 7.84. The van der Waals surface area contributed by atoms with E-state index >= 15 is 0 Å². The summed E-state index contributed by atoms with van der Waals surface area (Å²) in [5.74, 6) is 0.868. The molecule has 4 nitrogen and oxygen atoms in total. The molecule has 2 aromatic carbocycles. The lowest BCUT2D eigenvalue weighted by atomic mass is 10.0. The van der Waals surface area contributed by atoms with Crippen molar-refractivity contribution in [2.24, 2.45) is 0 Å². The molecule has 0 spiro atoms. The fraction of sp³-hybridized carbons (Fsp3) is 0.316. The van der Waals surface area contributed by atoms with Crippen LogP contribution in [0.1, 0.15) is 29.2 Å². The van der Waals surface area contributed by atoms with Crippen molar-refractivity contribution in [3.8, 4) is 5.75 Å². The number of anilines is 1. The molecule has 2 N–H and O–H groups in total. The van der Waals surface area contributed by atoms with E-state index in [1.165, 1.54) is 11.1 Å². The third-order valence-electron chi connectivity index (χ3n) is 3.83. The molecular weight excluding hydrogens is 288 g/mol. The van der Waals surface area contributed by atoms with Crippen LogP contribution in [-0.2, 0) is 13.0 Å². The Hall–Kier alpha value is -2.49. The number of nitrogens with one attached hydrogen (secondary N) is 2. The summed E-state index contributed by atoms with van der Waals surface area (Å²) in [5.41, 5.74) is 5.29. The van der Waals surface area contributed by atoms with Gasteiger partial charge in [0.1, 0.15) is 12.4 Å². The smallest absolute Gasteiger partial charge is 0.318 e. The topological polar surface area (TPSA) is 50.4 Å². The van der Waals surface area contributed by atoms with Crippen molar-refractivity contribution in [1.29, 1.82) is 0 Å². The molecule has 2 aromatic rings. The molecule has 0 aliphatic heterocycles. The number of urea groups is 1. The molecule has 0 saturated carbocycles. The molecule has 0 atom stereocenters. The summed E-state index contributed by atoms with van der Waals surface area (Å²) < 4.78 is 6.00. The summed E-state index contributed by atoms with van der Waals surface area (Å²) in [5, 5.41) is 5.44. The second kappa shape index (κ2) is 7.68. The van der Waals surface area contributed by atoms with Gasteiger partial charge in [-0.15, -0.1) is 0 Å². The Bertz CT molecular complexity index is 696. The van der Waals surface area contributed by atoms with Crippen molar-refractivity contribution < 1.29 is 9.53 Å². The van der Waals surface area contributed by atoms with Crippen LogP contribution in [0.4, 0.5) is 10.5 Å². The van der Waals surface area contributed by atoms with Crippen LogP contribution in [-0.4, -0.2) is 13.1 Å². The minimum atomic E-state index is -0.231. The summed E-state index contributed by atoms with van der Waals surface area (Å²) in [6.45, 7) is 6.62. The molecule has 2 rings (SSSR count). The van der Waals surface area contributed by atoms with Gasteiger partial charge in [-0.3, -0.25) is 0 Å². The molecule has 4 heteroatoms. The summed E-state index contributed by atoms with van der Waals surface area (Å²) >= 11 is 0. The first-order valence-corrected chi connectivity index (χ1v) is 7.84. The number of hydrogen-bond donors (Lipinski definition) is 2. The SMILES string of the molecule is CCc1cccc(NC(=O)NC)c1COc1ccc(C)cc1C. The lowest BCUT2D eigenvalue weighted by molar-refractivity contribution is 0.254. The van der Waals surface area contributed by atoms with E-state index in [-0.39, 0.29) is 6.03 Å². The normalized spacial score (nSPS) is 10.3. The monoisotopic (exact) mass is 312 g/mol. The fourth-order valence-corrected chi connectivity index (χ4v) is 2.55. The highest BCUT2D eigenvalue weighted by molar-refractivity contribution is 5.90. The molecule has 0 aromatic heterocycles. The van der Waals surface area contributed by atoms with E-state index < -0.39 is 0 Å². The van der Waals surface area contributed by atoms with Crippen LogP contribution in [0.25, 0.3) is 0 Å². The predicted molar refractivity (Wildman–Crippen MR) is 94.1 cm³/mol. The summed E-state index contributed by atoms with van der Waals surface area (Å²) in [6, 6.07) is 11.8. The van der Waals surface area contributed by atoms with E-state index in [0.717, 1.165) is 29.0 Å². The summed E-state index contributed by atoms with van der Waals surface area (Å²) in [6.07, 6.45) is 0.884. The molecule has 0 saturated heterocycles. The van der Waals surface area contributed by atoms with Crippen molar-refractivity contribution in [3.63, 3.8) is 0 Å². The standard InChI is InChI=1S/C19H24N2O2/c1-5-15-7-6-8-17(21-19(22)20-4)16(15)12-23-18-10-9-13(2)11-14(18)3/h6-11H,5,12H2,1-4H3,(H2,20,21,22). The second-order valence-electron chi connectivity index (χ2n) is 5.56. The van der Waals surface area contributed by atoms with Crippen LogP contribution in [0, 0.1) is 13.8 Å². The molecule has 122 valence electrons. The number of hydrogen-bond acceptors (Lipinski definition) is 2. The average Bonchev–Trinajstić information content (AvgIpc) is 2.54. The van der Waals surface area contributed by atoms with Crippen molar-refractivity contribution >= 4 is 11.7 Å². The van der Waals surface area contributed by atoms with E-state index in [9.17, 15) is 4.79 Å². The summed E-state index contributed by atoms with van der Waals surface area (Å²) in [4.78, 5) is 11.6. The lowest BCUT2D eigenvalue weighted by Gasteiger charge is -2.16. The third kappa shape index (κ3) is 4.25. The van der Waals surface area contributed by atoms with Gasteiger partial charge >= 0.3 is 6.03 Å². The highest BCUT2D eigenvalue weighted by atomic mass is 16.5. The van der Waals surface area contributed by atoms with Crippen LogP contribution in [0.2, 0.25) is 0 Å². The molecule has 0 unspecified atom stereocenters. The average molecular weight is 312 g/mol. The van der Waals surface area contributed by atoms with Crippen molar-refractivity contribution in [1.82, 2.24) is 5.32 Å². The number of carbonyl (C=O) groups excluding carboxylic acids is 1. The molecule has 2 amide bonds. The Kier molecular flexibility index (Phi) is 5.63. The quantitative estimate of drug-likeness (QED) is 0.869. The van der Waals surface area contributed by atoms with E-state index in [2.05, 4.69) is 36.6 Å². The predicted octanol–water partition coefficient (Wildman–Crippen LogP) is 4.20. The van der Waals surface area contributed by atoms with Crippen LogP contribution in [0.3, 0.4) is 0 Å². The number of ether oxygens (including phenoxy) is 1. The van der Waals surface area contributed by atoms with Crippen LogP contribution < -0.4 is 15.4 Å². The van der Waals surface area contributed by atoms with Crippen molar-refractivity contribution in [3.05, 3.63) is 58.7 Å². The maximum absolute atomic E-state index is 11.6. The minimum absolute atomic E-state index is 0.231. The molecule has 0 fully saturated rings. The maximum atomic E-state index is 11.6. The molecule has 0 aliphatic rings. The molecule has 0 radical (unpaired) electrons. The van der Waals surface area contributed by atoms with Gasteiger partial charge in [-0.05, 0) is 43.5 Å². The highest BCUT2D eigenvalue weighted by Gasteiger charge is 2.11. The lowest BCUT2D eigenvalue weighted by Crippen LogP contribution is -2.25. The first kappa shape index (κ1) is 16.9. The van der Waals surface area contributed by atoms with Gasteiger partial charge in [0.25, 0.3) is 0 Å². The zero-order valence-electron chi connectivity index (χ0n) is 14.2. The maximum Gasteiger partial charge on any atom is 0.318 e. The molecule has 23 heavy (non-hydrogen) atoms. The van der Waals surface area contributed by atoms with Crippen LogP contribution in [0.5, 0.6) is 5.75 Å². The Morgan fingerprint density at radius 2 is 1.96 bits per heavy atom. The molecule has 0 heterocycles. The molecule has 0 bridgehead atoms. The number of rotatable bonds is 5. The van der Waals surface area contributed by atoms with Gasteiger partial charge in [0.2, 0.25) is 0 Å². The zero-order chi connectivity index (χ0) is 16.8. The molecular formula is C19H24N2O2. The Labute approximate surface area is 137 Å². The van der Waals surface area contributed by atoms with Gasteiger partial charge in [0.05, 0.1) is 0 Å². The zero-order valence-corrected chi connectivity index (χ0v) is 14.2. The van der Waals surface area contributed by atoms with E-state index in [1.54, 1.807) is 7.05 Å². The third-order valence-corrected chi connectivity index (χ3v) is 3.83. The van der Waals surface area contributed by atoms with Crippen molar-refractivity contribution in [2.45, 2.75) is 33.8 Å². The Morgan fingerprint density at radius 3 is 2.61 bits per heavy atom. The first-order chi connectivity index (χ1) is 11.0. The number of carbonyl (C=O) groups is 1. The van der Waals surface area contributed by atoms with E-state index in [4.69, 9.17) is 4.74 Å². The van der Waals surface area contributed by atoms with Gasteiger partial charge < -0.3 is 15.4 Å². The Morgan fingerprint density at radius 1 is 1.17 bits per heavy atom. The summed E-state index contributed by atoms with van der Waals surface area (Å²) in [7, 11) is 1.60. The van der Waals surface area contributed by atoms with Crippen LogP contribution in [0.15, 0.2) is 36.4 Å². The van der Waals surface area contributed by atoms with Crippen molar-refractivity contribution in [2.75, 3.05) is 12.4 Å². The number of amides is 2. The number of benzene rings is 2. The van der Waals surface area contributed by atoms with Gasteiger partial charge in [-0.25, -0.2) is 4.79 Å². The second-order valence-corrected chi connectivity index (χ2v) is 5.56. The highest BCUT2D eigenvalue weighted by Crippen LogP contribution is 2.25. The number of aryl methyl sites for hydroxylation is 3. The van der Waals surface area contributed by atoms with Gasteiger partial charge in [-0.1, -0.05) is 36.8 Å². The van der Waals surface area contributed by atoms with E-state index in [0.29, 0.717) is 6.61 Å². The largest absolute Gasteiger partial charge is 0.489 e. The van der Waals surface area contributed by atoms with Gasteiger partial charge in [0, 0.05) is 18.3 Å². The Balaban J connectivity index is 2.24.